The maximum absolute atomic E-state index is 14.8. The fourth-order valence-electron chi connectivity index (χ4n) is 4.25. The molecule has 1 fully saturated rings. The van der Waals surface area contributed by atoms with Crippen molar-refractivity contribution in [3.8, 4) is 0 Å². The van der Waals surface area contributed by atoms with Crippen LogP contribution in [0.3, 0.4) is 0 Å². The van der Waals surface area contributed by atoms with E-state index in [1.165, 1.54) is 30.1 Å². The van der Waals surface area contributed by atoms with Gasteiger partial charge in [0, 0.05) is 55.9 Å². The molecule has 0 radical (unpaired) electrons. The fraction of sp³-hybridized carbons (Fsp3) is 0.185. The van der Waals surface area contributed by atoms with Gasteiger partial charge in [-0.1, -0.05) is 18.2 Å². The number of amides is 1. The number of para-hydroxylation sites is 1. The molecule has 1 saturated heterocycles. The molecule has 0 spiro atoms. The summed E-state index contributed by atoms with van der Waals surface area (Å²) < 4.78 is 44.7. The van der Waals surface area contributed by atoms with Crippen LogP contribution >= 0.6 is 11.9 Å². The van der Waals surface area contributed by atoms with Gasteiger partial charge in [0.25, 0.3) is 5.91 Å². The summed E-state index contributed by atoms with van der Waals surface area (Å²) in [5.74, 6) is -1.98. The van der Waals surface area contributed by atoms with Crippen molar-refractivity contribution < 1.29 is 18.0 Å². The van der Waals surface area contributed by atoms with Crippen molar-refractivity contribution in [2.75, 3.05) is 30.9 Å². The lowest BCUT2D eigenvalue weighted by molar-refractivity contribution is 0.0628. The van der Waals surface area contributed by atoms with E-state index in [0.29, 0.717) is 38.3 Å². The first-order chi connectivity index (χ1) is 17.5. The smallest absolute Gasteiger partial charge is 0.254 e. The van der Waals surface area contributed by atoms with E-state index in [9.17, 15) is 18.0 Å². The van der Waals surface area contributed by atoms with Crippen LogP contribution in [0, 0.1) is 17.5 Å². The zero-order valence-corrected chi connectivity index (χ0v) is 20.1. The van der Waals surface area contributed by atoms with Gasteiger partial charge in [0.15, 0.2) is 0 Å². The standard InChI is InChI=1S/C27H23F3N4OS/c28-21-13-18(14-22(29)16-21)17-33-9-11-34(12-10-33)27(35)20-6-7-24(23(30)15-20)32-36-25-5-1-3-19-4-2-8-31-26(19)25/h1-8,13-16,32H,9-12,17H2. The third-order valence-electron chi connectivity index (χ3n) is 6.07. The van der Waals surface area contributed by atoms with Gasteiger partial charge < -0.3 is 9.62 Å². The van der Waals surface area contributed by atoms with Gasteiger partial charge in [-0.2, -0.15) is 0 Å². The summed E-state index contributed by atoms with van der Waals surface area (Å²) in [6.45, 7) is 2.41. The Bertz CT molecular complexity index is 1380. The first kappa shape index (κ1) is 24.1. The molecule has 0 bridgehead atoms. The van der Waals surface area contributed by atoms with Crippen LogP contribution in [0.15, 0.2) is 77.8 Å². The number of fused-ring (bicyclic) bond motifs is 1. The third kappa shape index (κ3) is 5.47. The zero-order chi connectivity index (χ0) is 25.1. The van der Waals surface area contributed by atoms with Crippen LogP contribution < -0.4 is 4.72 Å². The first-order valence-electron chi connectivity index (χ1n) is 11.5. The van der Waals surface area contributed by atoms with E-state index in [-0.39, 0.29) is 17.2 Å². The van der Waals surface area contributed by atoms with E-state index < -0.39 is 17.5 Å². The molecule has 3 aromatic carbocycles. The van der Waals surface area contributed by atoms with Gasteiger partial charge in [0.05, 0.1) is 16.1 Å². The predicted octanol–water partition coefficient (Wildman–Crippen LogP) is 5.73. The highest BCUT2D eigenvalue weighted by Crippen LogP contribution is 2.29. The van der Waals surface area contributed by atoms with Gasteiger partial charge in [-0.05, 0) is 60.0 Å². The molecule has 0 atom stereocenters. The van der Waals surface area contributed by atoms with Crippen molar-refractivity contribution in [1.29, 1.82) is 0 Å². The number of carbonyl (C=O) groups is 1. The Morgan fingerprint density at radius 2 is 1.67 bits per heavy atom. The monoisotopic (exact) mass is 508 g/mol. The van der Waals surface area contributed by atoms with E-state index in [0.717, 1.165) is 21.9 Å². The molecule has 1 aromatic heterocycles. The van der Waals surface area contributed by atoms with Gasteiger partial charge in [0.1, 0.15) is 17.5 Å². The molecule has 5 nitrogen and oxygen atoms in total. The average Bonchev–Trinajstić information content (AvgIpc) is 2.87. The molecular formula is C27H23F3N4OS. The number of nitrogens with zero attached hydrogens (tertiary/aromatic N) is 3. The number of anilines is 1. The Hall–Kier alpha value is -3.56. The van der Waals surface area contributed by atoms with Gasteiger partial charge in [0.2, 0.25) is 0 Å². The topological polar surface area (TPSA) is 48.5 Å². The van der Waals surface area contributed by atoms with Crippen LogP contribution in [0.1, 0.15) is 15.9 Å². The molecule has 2 heterocycles. The SMILES string of the molecule is O=C(c1ccc(NSc2cccc3cccnc23)c(F)c1)N1CCN(Cc2cc(F)cc(F)c2)CC1. The summed E-state index contributed by atoms with van der Waals surface area (Å²) in [6.07, 6.45) is 1.72. The predicted molar refractivity (Wildman–Crippen MR) is 135 cm³/mol. The van der Waals surface area contributed by atoms with Crippen LogP contribution in [-0.4, -0.2) is 46.9 Å². The second-order valence-electron chi connectivity index (χ2n) is 8.58. The lowest BCUT2D eigenvalue weighted by Crippen LogP contribution is -2.48. The first-order valence-corrected chi connectivity index (χ1v) is 12.3. The van der Waals surface area contributed by atoms with Crippen LogP contribution in [0.4, 0.5) is 18.9 Å². The Morgan fingerprint density at radius 1 is 0.917 bits per heavy atom. The number of hydrogen-bond donors (Lipinski definition) is 1. The van der Waals surface area contributed by atoms with E-state index in [4.69, 9.17) is 0 Å². The average molecular weight is 509 g/mol. The minimum atomic E-state index is -0.606. The second-order valence-corrected chi connectivity index (χ2v) is 9.42. The highest BCUT2D eigenvalue weighted by Gasteiger charge is 2.23. The number of piperazine rings is 1. The van der Waals surface area contributed by atoms with E-state index >= 15 is 0 Å². The lowest BCUT2D eigenvalue weighted by Gasteiger charge is -2.34. The number of benzene rings is 3. The Morgan fingerprint density at radius 3 is 2.42 bits per heavy atom. The maximum Gasteiger partial charge on any atom is 0.254 e. The van der Waals surface area contributed by atoms with Crippen molar-refractivity contribution in [3.63, 3.8) is 0 Å². The Labute approximate surface area is 211 Å². The Balaban J connectivity index is 1.18. The molecule has 4 aromatic rings. The number of aromatic nitrogens is 1. The van der Waals surface area contributed by atoms with Gasteiger partial charge >= 0.3 is 0 Å². The summed E-state index contributed by atoms with van der Waals surface area (Å²) in [7, 11) is 0. The number of nitrogens with one attached hydrogen (secondary N) is 1. The van der Waals surface area contributed by atoms with Crippen molar-refractivity contribution in [3.05, 3.63) is 102 Å². The van der Waals surface area contributed by atoms with Crippen molar-refractivity contribution in [1.82, 2.24) is 14.8 Å². The normalized spacial score (nSPS) is 14.2. The number of carbonyl (C=O) groups excluding carboxylic acids is 1. The highest BCUT2D eigenvalue weighted by atomic mass is 32.2. The molecule has 36 heavy (non-hydrogen) atoms. The molecule has 1 amide bonds. The van der Waals surface area contributed by atoms with E-state index in [1.54, 1.807) is 23.2 Å². The van der Waals surface area contributed by atoms with Crippen LogP contribution in [0.5, 0.6) is 0 Å². The summed E-state index contributed by atoms with van der Waals surface area (Å²) >= 11 is 1.26. The van der Waals surface area contributed by atoms with Gasteiger partial charge in [-0.25, -0.2) is 13.2 Å². The molecular weight excluding hydrogens is 485 g/mol. The second kappa shape index (κ2) is 10.6. The van der Waals surface area contributed by atoms with E-state index in [2.05, 4.69) is 9.71 Å². The molecule has 5 rings (SSSR count). The van der Waals surface area contributed by atoms with Crippen LogP contribution in [-0.2, 0) is 6.54 Å². The fourth-order valence-corrected chi connectivity index (χ4v) is 5.05. The summed E-state index contributed by atoms with van der Waals surface area (Å²) in [5.41, 5.74) is 1.92. The molecule has 1 N–H and O–H groups in total. The molecule has 1 aliphatic heterocycles. The molecule has 0 saturated carbocycles. The quantitative estimate of drug-likeness (QED) is 0.337. The number of halogens is 3. The third-order valence-corrected chi connectivity index (χ3v) is 6.94. The number of rotatable bonds is 6. The van der Waals surface area contributed by atoms with Crippen LogP contribution in [0.2, 0.25) is 0 Å². The lowest BCUT2D eigenvalue weighted by atomic mass is 10.1. The van der Waals surface area contributed by atoms with Gasteiger partial charge in [-0.3, -0.25) is 14.7 Å². The molecule has 9 heteroatoms. The minimum absolute atomic E-state index is 0.247. The van der Waals surface area contributed by atoms with Crippen LogP contribution in [0.25, 0.3) is 10.9 Å². The molecule has 0 unspecified atom stereocenters. The van der Waals surface area contributed by atoms with E-state index in [1.807, 2.05) is 35.2 Å². The summed E-state index contributed by atoms with van der Waals surface area (Å²) in [4.78, 5) is 21.9. The minimum Gasteiger partial charge on any atom is -0.336 e. The number of pyridine rings is 1. The highest BCUT2D eigenvalue weighted by molar-refractivity contribution is 8.00. The molecule has 184 valence electrons. The van der Waals surface area contributed by atoms with Crippen molar-refractivity contribution in [2.45, 2.75) is 11.4 Å². The van der Waals surface area contributed by atoms with Crippen molar-refractivity contribution in [2.24, 2.45) is 0 Å². The largest absolute Gasteiger partial charge is 0.336 e. The number of hydrogen-bond acceptors (Lipinski definition) is 5. The zero-order valence-electron chi connectivity index (χ0n) is 19.3. The van der Waals surface area contributed by atoms with Gasteiger partial charge in [-0.15, -0.1) is 0 Å². The summed E-state index contributed by atoms with van der Waals surface area (Å²) in [6, 6.07) is 17.5. The maximum atomic E-state index is 14.8. The molecule has 0 aliphatic carbocycles. The molecule has 1 aliphatic rings. The summed E-state index contributed by atoms with van der Waals surface area (Å²) in [5, 5.41) is 0.994. The van der Waals surface area contributed by atoms with Crippen molar-refractivity contribution >= 4 is 34.4 Å². The Kier molecular flexibility index (Phi) is 7.11.